The van der Waals surface area contributed by atoms with Crippen molar-refractivity contribution < 1.29 is 14.0 Å². The molecule has 0 unspecified atom stereocenters. The van der Waals surface area contributed by atoms with Gasteiger partial charge in [-0.2, -0.15) is 0 Å². The normalized spacial score (nSPS) is 10.1. The number of hydrogen-bond donors (Lipinski definition) is 3. The summed E-state index contributed by atoms with van der Waals surface area (Å²) in [4.78, 5) is 23.3. The van der Waals surface area contributed by atoms with Crippen LogP contribution in [0.15, 0.2) is 47.1 Å². The van der Waals surface area contributed by atoms with Crippen LogP contribution in [-0.4, -0.2) is 24.9 Å². The summed E-state index contributed by atoms with van der Waals surface area (Å²) in [6.45, 7) is 2.95. The molecule has 21 heavy (non-hydrogen) atoms. The SMILES string of the molecule is CCNCC(=O)Nc1ccc(NC(=O)c2ccco2)cc1. The van der Waals surface area contributed by atoms with Crippen molar-refractivity contribution in [3.8, 4) is 0 Å². The topological polar surface area (TPSA) is 83.4 Å². The lowest BCUT2D eigenvalue weighted by Crippen LogP contribution is -2.27. The van der Waals surface area contributed by atoms with Gasteiger partial charge in [-0.25, -0.2) is 0 Å². The lowest BCUT2D eigenvalue weighted by atomic mass is 10.2. The van der Waals surface area contributed by atoms with E-state index in [4.69, 9.17) is 4.42 Å². The Morgan fingerprint density at radius 3 is 2.29 bits per heavy atom. The molecule has 3 N–H and O–H groups in total. The fraction of sp³-hybridized carbons (Fsp3) is 0.200. The average molecular weight is 287 g/mol. The fourth-order valence-electron chi connectivity index (χ4n) is 1.68. The van der Waals surface area contributed by atoms with Gasteiger partial charge in [-0.1, -0.05) is 6.92 Å². The Morgan fingerprint density at radius 2 is 1.71 bits per heavy atom. The monoisotopic (exact) mass is 287 g/mol. The second-order valence-corrected chi connectivity index (χ2v) is 4.34. The molecule has 0 saturated carbocycles. The quantitative estimate of drug-likeness (QED) is 0.759. The third-order valence-corrected chi connectivity index (χ3v) is 2.71. The number of carbonyl (C=O) groups is 2. The van der Waals surface area contributed by atoms with E-state index < -0.39 is 0 Å². The van der Waals surface area contributed by atoms with E-state index in [1.54, 1.807) is 36.4 Å². The van der Waals surface area contributed by atoms with Gasteiger partial charge < -0.3 is 20.4 Å². The number of rotatable bonds is 6. The Kier molecular flexibility index (Phi) is 5.11. The van der Waals surface area contributed by atoms with Gasteiger partial charge in [-0.3, -0.25) is 9.59 Å². The van der Waals surface area contributed by atoms with Gasteiger partial charge in [0.15, 0.2) is 5.76 Å². The molecule has 0 aliphatic rings. The number of amides is 2. The minimum atomic E-state index is -0.316. The van der Waals surface area contributed by atoms with Gasteiger partial charge in [-0.05, 0) is 42.9 Å². The van der Waals surface area contributed by atoms with Crippen molar-refractivity contribution in [1.29, 1.82) is 0 Å². The maximum absolute atomic E-state index is 11.8. The molecule has 0 aliphatic carbocycles. The van der Waals surface area contributed by atoms with Crippen LogP contribution >= 0.6 is 0 Å². The highest BCUT2D eigenvalue weighted by molar-refractivity contribution is 6.02. The summed E-state index contributed by atoms with van der Waals surface area (Å²) in [5, 5.41) is 8.40. The molecular weight excluding hydrogens is 270 g/mol. The second-order valence-electron chi connectivity index (χ2n) is 4.34. The zero-order valence-electron chi connectivity index (χ0n) is 11.7. The van der Waals surface area contributed by atoms with E-state index in [0.717, 1.165) is 6.54 Å². The van der Waals surface area contributed by atoms with Crippen LogP contribution in [0, 0.1) is 0 Å². The highest BCUT2D eigenvalue weighted by Gasteiger charge is 2.08. The molecule has 2 aromatic rings. The number of anilines is 2. The first-order valence-electron chi connectivity index (χ1n) is 6.64. The molecule has 0 bridgehead atoms. The largest absolute Gasteiger partial charge is 0.459 e. The number of likely N-dealkylation sites (N-methyl/N-ethyl adjacent to an activating group) is 1. The predicted octanol–water partition coefficient (Wildman–Crippen LogP) is 2.08. The molecule has 0 saturated heterocycles. The number of hydrogen-bond acceptors (Lipinski definition) is 4. The first-order valence-corrected chi connectivity index (χ1v) is 6.64. The molecule has 1 aromatic heterocycles. The molecule has 0 aliphatic heterocycles. The van der Waals surface area contributed by atoms with Crippen LogP contribution in [0.5, 0.6) is 0 Å². The number of carbonyl (C=O) groups excluding carboxylic acids is 2. The molecule has 0 atom stereocenters. The molecule has 1 heterocycles. The molecule has 0 fully saturated rings. The van der Waals surface area contributed by atoms with Crippen molar-refractivity contribution in [2.75, 3.05) is 23.7 Å². The summed E-state index contributed by atoms with van der Waals surface area (Å²) < 4.78 is 5.01. The van der Waals surface area contributed by atoms with Crippen LogP contribution in [0.3, 0.4) is 0 Å². The Hall–Kier alpha value is -2.60. The van der Waals surface area contributed by atoms with Crippen molar-refractivity contribution in [1.82, 2.24) is 5.32 Å². The summed E-state index contributed by atoms with van der Waals surface area (Å²) in [5.41, 5.74) is 1.30. The summed E-state index contributed by atoms with van der Waals surface area (Å²) in [6, 6.07) is 10.1. The summed E-state index contributed by atoms with van der Waals surface area (Å²) in [7, 11) is 0. The number of furan rings is 1. The maximum atomic E-state index is 11.8. The first-order chi connectivity index (χ1) is 10.2. The Bertz CT molecular complexity index is 591. The minimum Gasteiger partial charge on any atom is -0.459 e. The molecule has 6 nitrogen and oxygen atoms in total. The molecule has 110 valence electrons. The van der Waals surface area contributed by atoms with Crippen molar-refractivity contribution in [2.45, 2.75) is 6.92 Å². The molecule has 1 aromatic carbocycles. The molecule has 2 rings (SSSR count). The van der Waals surface area contributed by atoms with E-state index in [1.807, 2.05) is 6.92 Å². The van der Waals surface area contributed by atoms with Crippen LogP contribution in [0.4, 0.5) is 11.4 Å². The van der Waals surface area contributed by atoms with Crippen LogP contribution < -0.4 is 16.0 Å². The number of nitrogens with one attached hydrogen (secondary N) is 3. The molecule has 0 radical (unpaired) electrons. The molecule has 2 amide bonds. The molecular formula is C15H17N3O3. The lowest BCUT2D eigenvalue weighted by molar-refractivity contribution is -0.115. The Balaban J connectivity index is 1.90. The highest BCUT2D eigenvalue weighted by atomic mass is 16.3. The van der Waals surface area contributed by atoms with Gasteiger partial charge in [0, 0.05) is 11.4 Å². The van der Waals surface area contributed by atoms with Crippen molar-refractivity contribution in [3.63, 3.8) is 0 Å². The molecule has 0 spiro atoms. The average Bonchev–Trinajstić information content (AvgIpc) is 3.01. The van der Waals surface area contributed by atoms with Gasteiger partial charge in [0.25, 0.3) is 5.91 Å². The minimum absolute atomic E-state index is 0.107. The van der Waals surface area contributed by atoms with Crippen LogP contribution in [-0.2, 0) is 4.79 Å². The fourth-order valence-corrected chi connectivity index (χ4v) is 1.68. The van der Waals surface area contributed by atoms with Crippen molar-refractivity contribution in [2.24, 2.45) is 0 Å². The third-order valence-electron chi connectivity index (χ3n) is 2.71. The van der Waals surface area contributed by atoms with Gasteiger partial charge in [0.1, 0.15) is 0 Å². The van der Waals surface area contributed by atoms with Gasteiger partial charge >= 0.3 is 0 Å². The van der Waals surface area contributed by atoms with Crippen LogP contribution in [0.25, 0.3) is 0 Å². The van der Waals surface area contributed by atoms with E-state index in [9.17, 15) is 9.59 Å². The lowest BCUT2D eigenvalue weighted by Gasteiger charge is -2.07. The standard InChI is InChI=1S/C15H17N3O3/c1-2-16-10-14(19)17-11-5-7-12(8-6-11)18-15(20)13-4-3-9-21-13/h3-9,16H,2,10H2,1H3,(H,17,19)(H,18,20). The Labute approximate surface area is 122 Å². The van der Waals surface area contributed by atoms with E-state index >= 15 is 0 Å². The van der Waals surface area contributed by atoms with E-state index in [0.29, 0.717) is 11.4 Å². The Morgan fingerprint density at radius 1 is 1.05 bits per heavy atom. The second kappa shape index (κ2) is 7.25. The highest BCUT2D eigenvalue weighted by Crippen LogP contribution is 2.14. The van der Waals surface area contributed by atoms with Gasteiger partial charge in [0.2, 0.25) is 5.91 Å². The van der Waals surface area contributed by atoms with Crippen LogP contribution in [0.2, 0.25) is 0 Å². The third kappa shape index (κ3) is 4.47. The van der Waals surface area contributed by atoms with Gasteiger partial charge in [0.05, 0.1) is 12.8 Å². The van der Waals surface area contributed by atoms with Gasteiger partial charge in [-0.15, -0.1) is 0 Å². The predicted molar refractivity (Wildman–Crippen MR) is 80.3 cm³/mol. The zero-order chi connectivity index (χ0) is 15.1. The first kappa shape index (κ1) is 14.8. The maximum Gasteiger partial charge on any atom is 0.291 e. The van der Waals surface area contributed by atoms with E-state index in [2.05, 4.69) is 16.0 Å². The van der Waals surface area contributed by atoms with Crippen molar-refractivity contribution in [3.05, 3.63) is 48.4 Å². The van der Waals surface area contributed by atoms with E-state index in [1.165, 1.54) is 6.26 Å². The zero-order valence-corrected chi connectivity index (χ0v) is 11.7. The molecule has 6 heteroatoms. The smallest absolute Gasteiger partial charge is 0.291 e. The van der Waals surface area contributed by atoms with Crippen molar-refractivity contribution >= 4 is 23.2 Å². The van der Waals surface area contributed by atoms with E-state index in [-0.39, 0.29) is 24.1 Å². The summed E-state index contributed by atoms with van der Waals surface area (Å²) in [6.07, 6.45) is 1.44. The summed E-state index contributed by atoms with van der Waals surface area (Å²) >= 11 is 0. The van der Waals surface area contributed by atoms with Crippen LogP contribution in [0.1, 0.15) is 17.5 Å². The summed E-state index contributed by atoms with van der Waals surface area (Å²) in [5.74, 6) is -0.175. The number of benzene rings is 1.